The lowest BCUT2D eigenvalue weighted by Gasteiger charge is -2.19. The number of nitrogens with zero attached hydrogens (tertiary/aromatic N) is 1. The fraction of sp³-hybridized carbons (Fsp3) is 0.250. The maximum atomic E-state index is 13.5. The lowest BCUT2D eigenvalue weighted by atomic mass is 10.0. The summed E-state index contributed by atoms with van der Waals surface area (Å²) >= 11 is 0. The number of ether oxygens (including phenoxy) is 1. The van der Waals surface area contributed by atoms with E-state index in [2.05, 4.69) is 15.6 Å². The number of nitrogens with one attached hydrogen (secondary N) is 2. The van der Waals surface area contributed by atoms with Crippen molar-refractivity contribution in [1.29, 1.82) is 0 Å². The molecule has 0 spiro atoms. The molecule has 1 atom stereocenters. The summed E-state index contributed by atoms with van der Waals surface area (Å²) in [5.41, 5.74) is 0.746. The molecule has 0 fully saturated rings. The fourth-order valence-electron chi connectivity index (χ4n) is 2.49. The Morgan fingerprint density at radius 1 is 1.30 bits per heavy atom. The number of pyridine rings is 1. The second-order valence-corrected chi connectivity index (χ2v) is 5.18. The molecule has 5 nitrogen and oxygen atoms in total. The molecule has 23 heavy (non-hydrogen) atoms. The van der Waals surface area contributed by atoms with Gasteiger partial charge in [0.15, 0.2) is 5.82 Å². The second-order valence-electron chi connectivity index (χ2n) is 5.18. The number of rotatable bonds is 2. The van der Waals surface area contributed by atoms with Gasteiger partial charge in [-0.3, -0.25) is 4.98 Å². The van der Waals surface area contributed by atoms with Gasteiger partial charge >= 0.3 is 6.03 Å². The number of aromatic nitrogens is 1. The number of carbonyl (C=O) groups is 1. The SMILES string of the molecule is O=C(Nc1ccncc1F)N[C@H]1CCCOc2cc(F)ccc21. The van der Waals surface area contributed by atoms with Crippen LogP contribution in [0.2, 0.25) is 0 Å². The molecule has 2 aromatic rings. The number of fused-ring (bicyclic) bond motifs is 1. The minimum Gasteiger partial charge on any atom is -0.493 e. The fourth-order valence-corrected chi connectivity index (χ4v) is 2.49. The smallest absolute Gasteiger partial charge is 0.319 e. The van der Waals surface area contributed by atoms with Gasteiger partial charge < -0.3 is 15.4 Å². The number of anilines is 1. The summed E-state index contributed by atoms with van der Waals surface area (Å²) in [6.07, 6.45) is 3.76. The Labute approximate surface area is 131 Å². The van der Waals surface area contributed by atoms with Crippen molar-refractivity contribution in [2.24, 2.45) is 0 Å². The van der Waals surface area contributed by atoms with Gasteiger partial charge in [-0.1, -0.05) is 6.07 Å². The first-order chi connectivity index (χ1) is 11.1. The van der Waals surface area contributed by atoms with E-state index in [1.807, 2.05) is 0 Å². The van der Waals surface area contributed by atoms with Crippen molar-refractivity contribution in [1.82, 2.24) is 10.3 Å². The zero-order chi connectivity index (χ0) is 16.2. The number of urea groups is 1. The molecule has 3 rings (SSSR count). The van der Waals surface area contributed by atoms with Crippen LogP contribution >= 0.6 is 0 Å². The highest BCUT2D eigenvalue weighted by Gasteiger charge is 2.22. The van der Waals surface area contributed by atoms with Crippen LogP contribution in [0.3, 0.4) is 0 Å². The Bertz CT molecular complexity index is 724. The van der Waals surface area contributed by atoms with Crippen molar-refractivity contribution in [2.75, 3.05) is 11.9 Å². The molecule has 120 valence electrons. The van der Waals surface area contributed by atoms with Crippen molar-refractivity contribution in [3.8, 4) is 5.75 Å². The Balaban J connectivity index is 1.75. The maximum Gasteiger partial charge on any atom is 0.319 e. The van der Waals surface area contributed by atoms with Crippen LogP contribution in [0.5, 0.6) is 5.75 Å². The monoisotopic (exact) mass is 319 g/mol. The largest absolute Gasteiger partial charge is 0.493 e. The van der Waals surface area contributed by atoms with Crippen LogP contribution in [-0.2, 0) is 0 Å². The topological polar surface area (TPSA) is 63.2 Å². The van der Waals surface area contributed by atoms with Crippen LogP contribution in [0.4, 0.5) is 19.3 Å². The van der Waals surface area contributed by atoms with Crippen LogP contribution in [-0.4, -0.2) is 17.6 Å². The minimum absolute atomic E-state index is 0.0432. The van der Waals surface area contributed by atoms with Crippen LogP contribution in [0.25, 0.3) is 0 Å². The predicted molar refractivity (Wildman–Crippen MR) is 80.2 cm³/mol. The number of hydrogen-bond donors (Lipinski definition) is 2. The number of hydrogen-bond acceptors (Lipinski definition) is 3. The molecule has 0 radical (unpaired) electrons. The minimum atomic E-state index is -0.616. The van der Waals surface area contributed by atoms with Crippen molar-refractivity contribution in [2.45, 2.75) is 18.9 Å². The predicted octanol–water partition coefficient (Wildman–Crippen LogP) is 3.40. The average molecular weight is 319 g/mol. The first-order valence-electron chi connectivity index (χ1n) is 7.23. The number of benzene rings is 1. The van der Waals surface area contributed by atoms with Crippen molar-refractivity contribution in [3.63, 3.8) is 0 Å². The first-order valence-corrected chi connectivity index (χ1v) is 7.23. The van der Waals surface area contributed by atoms with Crippen LogP contribution in [0, 0.1) is 11.6 Å². The van der Waals surface area contributed by atoms with Gasteiger partial charge in [-0.05, 0) is 25.0 Å². The summed E-state index contributed by atoms with van der Waals surface area (Å²) < 4.78 is 32.3. The zero-order valence-corrected chi connectivity index (χ0v) is 12.2. The van der Waals surface area contributed by atoms with Gasteiger partial charge in [0, 0.05) is 17.8 Å². The molecule has 0 saturated carbocycles. The van der Waals surface area contributed by atoms with Gasteiger partial charge in [0.1, 0.15) is 11.6 Å². The van der Waals surface area contributed by atoms with E-state index in [1.54, 1.807) is 6.07 Å². The summed E-state index contributed by atoms with van der Waals surface area (Å²) in [6, 6.07) is 4.70. The molecule has 1 aromatic carbocycles. The molecule has 2 heterocycles. The van der Waals surface area contributed by atoms with Crippen LogP contribution in [0.15, 0.2) is 36.7 Å². The summed E-state index contributed by atoms with van der Waals surface area (Å²) in [5.74, 6) is -0.593. The van der Waals surface area contributed by atoms with Gasteiger partial charge in [0.2, 0.25) is 0 Å². The molecule has 0 unspecified atom stereocenters. The highest BCUT2D eigenvalue weighted by molar-refractivity contribution is 5.89. The molecule has 7 heteroatoms. The van der Waals surface area contributed by atoms with E-state index >= 15 is 0 Å². The maximum absolute atomic E-state index is 13.5. The molecule has 0 bridgehead atoms. The van der Waals surface area contributed by atoms with Crippen molar-refractivity contribution < 1.29 is 18.3 Å². The molecule has 2 amide bonds. The molecular formula is C16H15F2N3O2. The Morgan fingerprint density at radius 3 is 3.00 bits per heavy atom. The highest BCUT2D eigenvalue weighted by Crippen LogP contribution is 2.32. The van der Waals surface area contributed by atoms with E-state index in [0.717, 1.165) is 6.20 Å². The third-order valence-corrected chi connectivity index (χ3v) is 3.57. The molecule has 0 aliphatic carbocycles. The first kappa shape index (κ1) is 15.2. The lowest BCUT2D eigenvalue weighted by Crippen LogP contribution is -2.32. The standard InChI is InChI=1S/C16H15F2N3O2/c17-10-3-4-11-13(2-1-7-23-15(11)8-10)20-16(22)21-14-5-6-19-9-12(14)18/h3-6,8-9,13H,1-2,7H2,(H2,19,20,21,22)/t13-/m0/s1. The Kier molecular flexibility index (Phi) is 4.36. The number of carbonyl (C=O) groups excluding carboxylic acids is 1. The molecule has 1 aliphatic rings. The van der Waals surface area contributed by atoms with Gasteiger partial charge in [0.25, 0.3) is 0 Å². The van der Waals surface area contributed by atoms with E-state index < -0.39 is 17.7 Å². The van der Waals surface area contributed by atoms with Crippen LogP contribution in [0.1, 0.15) is 24.4 Å². The Morgan fingerprint density at radius 2 is 2.17 bits per heavy atom. The van der Waals surface area contributed by atoms with E-state index in [0.29, 0.717) is 30.8 Å². The normalized spacial score (nSPS) is 16.7. The lowest BCUT2D eigenvalue weighted by molar-refractivity contribution is 0.247. The molecular weight excluding hydrogens is 304 g/mol. The van der Waals surface area contributed by atoms with Gasteiger partial charge in [0.05, 0.1) is 24.5 Å². The molecule has 2 N–H and O–H groups in total. The summed E-state index contributed by atoms with van der Waals surface area (Å²) in [7, 11) is 0. The molecule has 1 aromatic heterocycles. The van der Waals surface area contributed by atoms with E-state index in [1.165, 1.54) is 24.4 Å². The van der Waals surface area contributed by atoms with Crippen LogP contribution < -0.4 is 15.4 Å². The summed E-state index contributed by atoms with van der Waals surface area (Å²) in [6.45, 7) is 0.454. The third-order valence-electron chi connectivity index (χ3n) is 3.57. The Hall–Kier alpha value is -2.70. The van der Waals surface area contributed by atoms with Crippen molar-refractivity contribution >= 4 is 11.7 Å². The van der Waals surface area contributed by atoms with Gasteiger partial charge in [-0.2, -0.15) is 0 Å². The van der Waals surface area contributed by atoms with Crippen molar-refractivity contribution in [3.05, 3.63) is 53.9 Å². The molecule has 1 aliphatic heterocycles. The average Bonchev–Trinajstić information content (AvgIpc) is 2.71. The van der Waals surface area contributed by atoms with E-state index in [4.69, 9.17) is 4.74 Å². The zero-order valence-electron chi connectivity index (χ0n) is 12.2. The van der Waals surface area contributed by atoms with Gasteiger partial charge in [-0.25, -0.2) is 13.6 Å². The van der Waals surface area contributed by atoms with E-state index in [-0.39, 0.29) is 11.7 Å². The number of amides is 2. The number of halogens is 2. The second kappa shape index (κ2) is 6.60. The van der Waals surface area contributed by atoms with Gasteiger partial charge in [-0.15, -0.1) is 0 Å². The highest BCUT2D eigenvalue weighted by atomic mass is 19.1. The molecule has 0 saturated heterocycles. The summed E-state index contributed by atoms with van der Waals surface area (Å²) in [5, 5.41) is 5.21. The van der Waals surface area contributed by atoms with E-state index in [9.17, 15) is 13.6 Å². The summed E-state index contributed by atoms with van der Waals surface area (Å²) in [4.78, 5) is 15.7. The third kappa shape index (κ3) is 3.56. The quantitative estimate of drug-likeness (QED) is 0.892.